The molecule has 0 aliphatic heterocycles. The second-order valence-electron chi connectivity index (χ2n) is 5.33. The third-order valence-corrected chi connectivity index (χ3v) is 9.62. The molecule has 25 heavy (non-hydrogen) atoms. The molecular formula is C14H35NO8Si2. The molecule has 0 amide bonds. The van der Waals surface area contributed by atoms with E-state index in [-0.39, 0.29) is 0 Å². The molecule has 0 rings (SSSR count). The first-order chi connectivity index (χ1) is 12.0. The zero-order valence-corrected chi connectivity index (χ0v) is 18.3. The van der Waals surface area contributed by atoms with Crippen LogP contribution in [-0.2, 0) is 31.3 Å². The Bertz CT molecular complexity index is 303. The van der Waals surface area contributed by atoms with Crippen molar-refractivity contribution in [1.82, 2.24) is 5.32 Å². The molecular weight excluding hydrogens is 366 g/mol. The minimum absolute atomic E-state index is 0.350. The van der Waals surface area contributed by atoms with E-state index in [4.69, 9.17) is 31.3 Å². The van der Waals surface area contributed by atoms with E-state index in [1.807, 2.05) is 0 Å². The van der Waals surface area contributed by atoms with Gasteiger partial charge in [-0.3, -0.25) is 0 Å². The first-order valence-corrected chi connectivity index (χ1v) is 12.1. The van der Waals surface area contributed by atoms with Crippen LogP contribution in [0.4, 0.5) is 0 Å². The average Bonchev–Trinajstić information content (AvgIpc) is 2.66. The zero-order chi connectivity index (χ0) is 19.2. The van der Waals surface area contributed by atoms with E-state index in [1.54, 1.807) is 42.7 Å². The molecule has 9 nitrogen and oxygen atoms in total. The highest BCUT2D eigenvalue weighted by atomic mass is 28.4. The molecule has 0 aromatic carbocycles. The van der Waals surface area contributed by atoms with Crippen LogP contribution in [0.15, 0.2) is 0 Å². The van der Waals surface area contributed by atoms with Gasteiger partial charge in [-0.05, 0) is 19.4 Å². The molecule has 0 radical (unpaired) electrons. The van der Waals surface area contributed by atoms with E-state index < -0.39 is 23.9 Å². The Hall–Kier alpha value is 0.0738. The molecule has 0 heterocycles. The van der Waals surface area contributed by atoms with Gasteiger partial charge in [0, 0.05) is 67.9 Å². The lowest BCUT2D eigenvalue weighted by atomic mass is 10.4. The van der Waals surface area contributed by atoms with Crippen molar-refractivity contribution in [2.45, 2.75) is 31.2 Å². The normalized spacial score (nSPS) is 14.0. The van der Waals surface area contributed by atoms with Gasteiger partial charge in [0.25, 0.3) is 0 Å². The van der Waals surface area contributed by atoms with Crippen molar-refractivity contribution < 1.29 is 36.4 Å². The van der Waals surface area contributed by atoms with Gasteiger partial charge < -0.3 is 41.7 Å². The number of rotatable bonds is 17. The van der Waals surface area contributed by atoms with Gasteiger partial charge >= 0.3 is 17.6 Å². The Labute approximate surface area is 153 Å². The van der Waals surface area contributed by atoms with Crippen molar-refractivity contribution in [2.24, 2.45) is 0 Å². The Morgan fingerprint density at radius 2 is 1.20 bits per heavy atom. The van der Waals surface area contributed by atoms with Crippen LogP contribution in [-0.4, -0.2) is 91.4 Å². The molecule has 1 atom stereocenters. The van der Waals surface area contributed by atoms with Crippen LogP contribution in [0.2, 0.25) is 12.1 Å². The number of hydrogen-bond acceptors (Lipinski definition) is 9. The van der Waals surface area contributed by atoms with E-state index in [0.717, 1.165) is 6.42 Å². The Morgan fingerprint density at radius 3 is 1.64 bits per heavy atom. The van der Waals surface area contributed by atoms with Crippen LogP contribution in [0.5, 0.6) is 0 Å². The van der Waals surface area contributed by atoms with Crippen molar-refractivity contribution >= 4 is 17.6 Å². The number of ether oxygens (including phenoxy) is 1. The number of hydrogen-bond donors (Lipinski definition) is 2. The van der Waals surface area contributed by atoms with E-state index in [2.05, 4.69) is 5.32 Å². The number of nitrogens with one attached hydrogen (secondary N) is 1. The molecule has 0 fully saturated rings. The van der Waals surface area contributed by atoms with Gasteiger partial charge in [-0.15, -0.1) is 0 Å². The van der Waals surface area contributed by atoms with Gasteiger partial charge in [-0.1, -0.05) is 0 Å². The molecule has 152 valence electrons. The quantitative estimate of drug-likeness (QED) is 0.204. The van der Waals surface area contributed by atoms with Gasteiger partial charge in [-0.25, -0.2) is 0 Å². The smallest absolute Gasteiger partial charge is 0.377 e. The van der Waals surface area contributed by atoms with E-state index in [9.17, 15) is 5.11 Å². The summed E-state index contributed by atoms with van der Waals surface area (Å²) in [6.45, 7) is 1.46. The van der Waals surface area contributed by atoms with Gasteiger partial charge in [-0.2, -0.15) is 0 Å². The van der Waals surface area contributed by atoms with Crippen LogP contribution in [0.1, 0.15) is 12.8 Å². The van der Waals surface area contributed by atoms with Crippen LogP contribution in [0.3, 0.4) is 0 Å². The molecule has 2 N–H and O–H groups in total. The second-order valence-corrected chi connectivity index (χ2v) is 11.5. The van der Waals surface area contributed by atoms with Crippen molar-refractivity contribution in [2.75, 3.05) is 62.4 Å². The molecule has 0 saturated carbocycles. The third kappa shape index (κ3) is 9.54. The molecule has 11 heteroatoms. The summed E-state index contributed by atoms with van der Waals surface area (Å²) in [7, 11) is 4.44. The van der Waals surface area contributed by atoms with Crippen molar-refractivity contribution in [3.05, 3.63) is 0 Å². The highest BCUT2D eigenvalue weighted by Gasteiger charge is 2.37. The summed E-state index contributed by atoms with van der Waals surface area (Å²) in [5.41, 5.74) is 0. The number of aliphatic hydroxyl groups excluding tert-OH is 1. The van der Waals surface area contributed by atoms with Crippen LogP contribution < -0.4 is 5.32 Å². The fraction of sp³-hybridized carbons (Fsp3) is 1.00. The Morgan fingerprint density at radius 1 is 0.760 bits per heavy atom. The summed E-state index contributed by atoms with van der Waals surface area (Å²) in [5, 5.41) is 13.0. The van der Waals surface area contributed by atoms with E-state index in [1.165, 1.54) is 0 Å². The highest BCUT2D eigenvalue weighted by molar-refractivity contribution is 6.60. The predicted octanol–water partition coefficient (Wildman–Crippen LogP) is 0.447. The monoisotopic (exact) mass is 401 g/mol. The Balaban J connectivity index is 3.79. The van der Waals surface area contributed by atoms with Crippen LogP contribution >= 0.6 is 0 Å². The first-order valence-electron chi connectivity index (χ1n) is 8.28. The first kappa shape index (κ1) is 25.1. The lowest BCUT2D eigenvalue weighted by Gasteiger charge is -2.24. The van der Waals surface area contributed by atoms with Crippen molar-refractivity contribution in [3.8, 4) is 0 Å². The highest BCUT2D eigenvalue weighted by Crippen LogP contribution is 2.15. The summed E-state index contributed by atoms with van der Waals surface area (Å²) in [4.78, 5) is 0. The molecule has 0 aromatic heterocycles. The largest absolute Gasteiger partial charge is 0.500 e. The lowest BCUT2D eigenvalue weighted by Crippen LogP contribution is -2.43. The van der Waals surface area contributed by atoms with Gasteiger partial charge in [0.2, 0.25) is 0 Å². The molecule has 0 saturated heterocycles. The van der Waals surface area contributed by atoms with Gasteiger partial charge in [0.05, 0.1) is 0 Å². The third-order valence-electron chi connectivity index (χ3n) is 3.96. The molecule has 0 aromatic rings. The summed E-state index contributed by atoms with van der Waals surface area (Å²) in [6, 6.07) is 1.34. The molecule has 1 unspecified atom stereocenters. The van der Waals surface area contributed by atoms with Crippen molar-refractivity contribution in [3.63, 3.8) is 0 Å². The standard InChI is InChI=1S/C14H35NO8Si2/c1-17-24(18-2,19-3)11-7-9-15-13-14(16)23-10-8-12-25(20-4,21-5)22-6/h14-16H,7-13H2,1-6H3. The maximum absolute atomic E-state index is 9.82. The molecule has 0 aliphatic carbocycles. The molecule has 0 aliphatic rings. The maximum atomic E-state index is 9.82. The minimum Gasteiger partial charge on any atom is -0.377 e. The van der Waals surface area contributed by atoms with Gasteiger partial charge in [0.1, 0.15) is 0 Å². The SMILES string of the molecule is CO[Si](CCCNCC(O)OCCC[Si](OC)(OC)OC)(OC)OC. The summed E-state index contributed by atoms with van der Waals surface area (Å²) in [6.07, 6.45) is 0.638. The van der Waals surface area contributed by atoms with Crippen LogP contribution in [0.25, 0.3) is 0 Å². The van der Waals surface area contributed by atoms with Crippen molar-refractivity contribution in [1.29, 1.82) is 0 Å². The molecule has 0 spiro atoms. The second kappa shape index (κ2) is 14.2. The van der Waals surface area contributed by atoms with E-state index in [0.29, 0.717) is 38.2 Å². The summed E-state index contributed by atoms with van der Waals surface area (Å²) < 4.78 is 37.4. The fourth-order valence-corrected chi connectivity index (χ4v) is 5.75. The Kier molecular flexibility index (Phi) is 14.2. The van der Waals surface area contributed by atoms with E-state index >= 15 is 0 Å². The van der Waals surface area contributed by atoms with Gasteiger partial charge in [0.15, 0.2) is 6.29 Å². The topological polar surface area (TPSA) is 96.9 Å². The average molecular weight is 402 g/mol. The summed E-state index contributed by atoms with van der Waals surface area (Å²) in [5.74, 6) is 0. The van der Waals surface area contributed by atoms with Crippen LogP contribution in [0, 0.1) is 0 Å². The summed E-state index contributed by atoms with van der Waals surface area (Å²) >= 11 is 0. The lowest BCUT2D eigenvalue weighted by molar-refractivity contribution is -0.0961. The molecule has 0 bridgehead atoms. The maximum Gasteiger partial charge on any atom is 0.500 e. The number of aliphatic hydroxyl groups is 1. The predicted molar refractivity (Wildman–Crippen MR) is 97.2 cm³/mol. The zero-order valence-electron chi connectivity index (χ0n) is 16.3. The fourth-order valence-electron chi connectivity index (χ4n) is 2.33. The minimum atomic E-state index is -2.56.